The Morgan fingerprint density at radius 3 is 2.50 bits per heavy atom. The summed E-state index contributed by atoms with van der Waals surface area (Å²) < 4.78 is 0. The number of aliphatic hydroxyl groups is 2. The molecule has 0 spiro atoms. The van der Waals surface area contributed by atoms with Crippen LogP contribution in [0.15, 0.2) is 12.2 Å². The smallest absolute Gasteiger partial charge is 0.0633 e. The molecule has 2 N–H and O–H groups in total. The highest BCUT2D eigenvalue weighted by molar-refractivity contribution is 5.13. The fourth-order valence-electron chi connectivity index (χ4n) is 1.53. The number of rotatable bonds is 1. The van der Waals surface area contributed by atoms with Crippen molar-refractivity contribution < 1.29 is 10.2 Å². The lowest BCUT2D eigenvalue weighted by Gasteiger charge is -2.11. The van der Waals surface area contributed by atoms with Gasteiger partial charge in [-0.25, -0.2) is 0 Å². The second kappa shape index (κ2) is 2.72. The van der Waals surface area contributed by atoms with Gasteiger partial charge >= 0.3 is 0 Å². The first-order chi connectivity index (χ1) is 4.66. The Morgan fingerprint density at radius 2 is 2.30 bits per heavy atom. The molecule has 1 aliphatic rings. The molecule has 0 aromatic heterocycles. The Hall–Kier alpha value is -0.340. The molecule has 1 fully saturated rings. The van der Waals surface area contributed by atoms with Crippen LogP contribution in [0, 0.1) is 11.8 Å². The summed E-state index contributed by atoms with van der Waals surface area (Å²) in [5.74, 6) is 0.294. The quantitative estimate of drug-likeness (QED) is 0.525. The van der Waals surface area contributed by atoms with Crippen molar-refractivity contribution in [3.63, 3.8) is 0 Å². The summed E-state index contributed by atoms with van der Waals surface area (Å²) in [6, 6.07) is 0. The van der Waals surface area contributed by atoms with Gasteiger partial charge in [0.25, 0.3) is 0 Å². The van der Waals surface area contributed by atoms with Crippen LogP contribution in [0.5, 0.6) is 0 Å². The molecular weight excluding hydrogens is 128 g/mol. The molecule has 0 aromatic carbocycles. The Bertz CT molecular complexity index is 142. The maximum absolute atomic E-state index is 9.31. The van der Waals surface area contributed by atoms with E-state index in [0.717, 1.165) is 12.0 Å². The van der Waals surface area contributed by atoms with Crippen LogP contribution in [0.1, 0.15) is 13.3 Å². The van der Waals surface area contributed by atoms with E-state index in [4.69, 9.17) is 5.11 Å². The summed E-state index contributed by atoms with van der Waals surface area (Å²) in [4.78, 5) is 0. The van der Waals surface area contributed by atoms with Crippen molar-refractivity contribution in [2.24, 2.45) is 11.8 Å². The van der Waals surface area contributed by atoms with Crippen molar-refractivity contribution in [3.8, 4) is 0 Å². The average molecular weight is 142 g/mol. The largest absolute Gasteiger partial charge is 0.396 e. The van der Waals surface area contributed by atoms with Crippen molar-refractivity contribution in [1.82, 2.24) is 0 Å². The van der Waals surface area contributed by atoms with E-state index in [1.54, 1.807) is 0 Å². The zero-order valence-corrected chi connectivity index (χ0v) is 6.25. The second-order valence-corrected chi connectivity index (χ2v) is 3.07. The van der Waals surface area contributed by atoms with Gasteiger partial charge in [0.1, 0.15) is 0 Å². The van der Waals surface area contributed by atoms with Gasteiger partial charge in [0.05, 0.1) is 12.7 Å². The lowest BCUT2D eigenvalue weighted by molar-refractivity contribution is 0.101. The van der Waals surface area contributed by atoms with E-state index in [-0.39, 0.29) is 18.6 Å². The molecule has 1 aliphatic carbocycles. The molecule has 58 valence electrons. The van der Waals surface area contributed by atoms with Gasteiger partial charge in [-0.3, -0.25) is 0 Å². The average Bonchev–Trinajstić information content (AvgIpc) is 2.09. The second-order valence-electron chi connectivity index (χ2n) is 3.07. The van der Waals surface area contributed by atoms with Crippen molar-refractivity contribution in [1.29, 1.82) is 0 Å². The van der Waals surface area contributed by atoms with E-state index in [0.29, 0.717) is 5.92 Å². The molecular formula is C8H14O2. The minimum absolute atomic E-state index is 0.0321. The summed E-state index contributed by atoms with van der Waals surface area (Å²) in [7, 11) is 0. The van der Waals surface area contributed by atoms with Gasteiger partial charge in [-0.05, 0) is 12.3 Å². The SMILES string of the molecule is C=C1[C@H](C)C[C@H](O)[C@H]1CO. The molecule has 2 nitrogen and oxygen atoms in total. The van der Waals surface area contributed by atoms with Crippen LogP contribution >= 0.6 is 0 Å². The van der Waals surface area contributed by atoms with Gasteiger partial charge in [-0.1, -0.05) is 19.1 Å². The van der Waals surface area contributed by atoms with Crippen LogP contribution < -0.4 is 0 Å². The Labute approximate surface area is 61.2 Å². The fraction of sp³-hybridized carbons (Fsp3) is 0.750. The molecule has 0 aromatic rings. The van der Waals surface area contributed by atoms with Gasteiger partial charge < -0.3 is 10.2 Å². The summed E-state index contributed by atoms with van der Waals surface area (Å²) in [6.45, 7) is 5.88. The monoisotopic (exact) mass is 142 g/mol. The number of aliphatic hydroxyl groups excluding tert-OH is 2. The van der Waals surface area contributed by atoms with Gasteiger partial charge in [-0.15, -0.1) is 0 Å². The van der Waals surface area contributed by atoms with E-state index >= 15 is 0 Å². The summed E-state index contributed by atoms with van der Waals surface area (Å²) in [6.07, 6.45) is 0.386. The predicted octanol–water partition coefficient (Wildman–Crippen LogP) is 0.552. The van der Waals surface area contributed by atoms with Crippen LogP contribution in [-0.4, -0.2) is 22.9 Å². The number of hydrogen-bond donors (Lipinski definition) is 2. The van der Waals surface area contributed by atoms with Gasteiger partial charge in [-0.2, -0.15) is 0 Å². The highest BCUT2D eigenvalue weighted by Gasteiger charge is 2.32. The van der Waals surface area contributed by atoms with Crippen LogP contribution in [0.4, 0.5) is 0 Å². The highest BCUT2D eigenvalue weighted by atomic mass is 16.3. The molecule has 1 saturated carbocycles. The first-order valence-corrected chi connectivity index (χ1v) is 3.64. The van der Waals surface area contributed by atoms with Crippen LogP contribution in [0.2, 0.25) is 0 Å². The summed E-state index contributed by atoms with van der Waals surface area (Å²) in [5, 5.41) is 18.1. The molecule has 0 bridgehead atoms. The van der Waals surface area contributed by atoms with Crippen molar-refractivity contribution >= 4 is 0 Å². The maximum Gasteiger partial charge on any atom is 0.0633 e. The fourth-order valence-corrected chi connectivity index (χ4v) is 1.53. The van der Waals surface area contributed by atoms with E-state index in [2.05, 4.69) is 6.58 Å². The topological polar surface area (TPSA) is 40.5 Å². The van der Waals surface area contributed by atoms with E-state index in [1.807, 2.05) is 6.92 Å². The third-order valence-corrected chi connectivity index (χ3v) is 2.37. The van der Waals surface area contributed by atoms with E-state index in [1.165, 1.54) is 0 Å². The molecule has 0 radical (unpaired) electrons. The van der Waals surface area contributed by atoms with Crippen LogP contribution in [0.3, 0.4) is 0 Å². The predicted molar refractivity (Wildman–Crippen MR) is 39.5 cm³/mol. The minimum atomic E-state index is -0.368. The molecule has 0 amide bonds. The first kappa shape index (κ1) is 7.76. The lowest BCUT2D eigenvalue weighted by atomic mass is 10.0. The molecule has 10 heavy (non-hydrogen) atoms. The van der Waals surface area contributed by atoms with Crippen molar-refractivity contribution in [2.45, 2.75) is 19.4 Å². The summed E-state index contributed by atoms with van der Waals surface area (Å²) >= 11 is 0. The normalized spacial score (nSPS) is 40.7. The molecule has 0 heterocycles. The maximum atomic E-state index is 9.31. The Kier molecular flexibility index (Phi) is 2.11. The Morgan fingerprint density at radius 1 is 1.70 bits per heavy atom. The molecule has 3 atom stereocenters. The van der Waals surface area contributed by atoms with Gasteiger partial charge in [0.2, 0.25) is 0 Å². The van der Waals surface area contributed by atoms with Gasteiger partial charge in [0, 0.05) is 5.92 Å². The molecule has 0 aliphatic heterocycles. The van der Waals surface area contributed by atoms with Gasteiger partial charge in [0.15, 0.2) is 0 Å². The van der Waals surface area contributed by atoms with Crippen molar-refractivity contribution in [2.75, 3.05) is 6.61 Å². The molecule has 2 heteroatoms. The lowest BCUT2D eigenvalue weighted by Crippen LogP contribution is -2.17. The van der Waals surface area contributed by atoms with Crippen LogP contribution in [-0.2, 0) is 0 Å². The van der Waals surface area contributed by atoms with Crippen molar-refractivity contribution in [3.05, 3.63) is 12.2 Å². The standard InChI is InChI=1S/C8H14O2/c1-5-3-8(10)7(4-9)6(5)2/h5,7-10H,2-4H2,1H3/t5-,7+,8+/m1/s1. The zero-order chi connectivity index (χ0) is 7.72. The summed E-state index contributed by atoms with van der Waals surface area (Å²) in [5.41, 5.74) is 0.995. The van der Waals surface area contributed by atoms with E-state index < -0.39 is 0 Å². The molecule has 1 rings (SSSR count). The minimum Gasteiger partial charge on any atom is -0.396 e. The molecule has 0 unspecified atom stereocenters. The molecule has 0 saturated heterocycles. The van der Waals surface area contributed by atoms with E-state index in [9.17, 15) is 5.11 Å². The van der Waals surface area contributed by atoms with Crippen LogP contribution in [0.25, 0.3) is 0 Å². The first-order valence-electron chi connectivity index (χ1n) is 3.64. The Balaban J connectivity index is 2.64. The number of hydrogen-bond acceptors (Lipinski definition) is 2. The zero-order valence-electron chi connectivity index (χ0n) is 6.25. The third kappa shape index (κ3) is 1.09. The highest BCUT2D eigenvalue weighted by Crippen LogP contribution is 2.34. The third-order valence-electron chi connectivity index (χ3n) is 2.37.